The third-order valence-electron chi connectivity index (χ3n) is 3.17. The number of hydrogen-bond acceptors (Lipinski definition) is 5. The van der Waals surface area contributed by atoms with E-state index in [1.807, 2.05) is 0 Å². The van der Waals surface area contributed by atoms with Crippen LogP contribution in [0.5, 0.6) is 0 Å². The highest BCUT2D eigenvalue weighted by molar-refractivity contribution is 5.35. The molecule has 96 valence electrons. The van der Waals surface area contributed by atoms with E-state index in [1.54, 1.807) is 24.7 Å². The van der Waals surface area contributed by atoms with Crippen molar-refractivity contribution < 1.29 is 14.9 Å². The van der Waals surface area contributed by atoms with Crippen LogP contribution in [0.3, 0.4) is 0 Å². The number of hydrogen-bond donors (Lipinski definition) is 2. The van der Waals surface area contributed by atoms with Crippen molar-refractivity contribution in [3.05, 3.63) is 35.1 Å². The molecule has 3 unspecified atom stereocenters. The summed E-state index contributed by atoms with van der Waals surface area (Å²) in [5, 5.41) is 18.7. The Balaban J connectivity index is 2.00. The van der Waals surface area contributed by atoms with Gasteiger partial charge in [0, 0.05) is 25.0 Å². The minimum atomic E-state index is -0.759. The summed E-state index contributed by atoms with van der Waals surface area (Å²) < 4.78 is 8.25. The van der Waals surface area contributed by atoms with Crippen LogP contribution in [0, 0.1) is 0 Å². The average Bonchev–Trinajstić information content (AvgIpc) is 2.96. The van der Waals surface area contributed by atoms with Gasteiger partial charge in [-0.1, -0.05) is 0 Å². The summed E-state index contributed by atoms with van der Waals surface area (Å²) in [5.41, 5.74) is 0.286. The lowest BCUT2D eigenvalue weighted by Gasteiger charge is -2.14. The number of fused-ring (bicyclic) bond motifs is 1. The highest BCUT2D eigenvalue weighted by Gasteiger charge is 2.34. The number of ether oxygens (including phenoxy) is 1. The van der Waals surface area contributed by atoms with Gasteiger partial charge in [-0.05, 0) is 6.07 Å². The SMILES string of the molecule is O=c1n([13CH]2[13CH2][13CH](O)[13CH]([13CH2]O)O2)ccc2nccn12. The van der Waals surface area contributed by atoms with E-state index in [2.05, 4.69) is 4.98 Å². The van der Waals surface area contributed by atoms with Gasteiger partial charge in [-0.3, -0.25) is 8.97 Å². The topological polar surface area (TPSA) is 89.0 Å². The summed E-state index contributed by atoms with van der Waals surface area (Å²) in [4.78, 5) is 16.2. The van der Waals surface area contributed by atoms with Gasteiger partial charge in [0.25, 0.3) is 0 Å². The molecule has 2 aromatic heterocycles. The summed E-state index contributed by atoms with van der Waals surface area (Å²) >= 11 is 0. The van der Waals surface area contributed by atoms with Crippen molar-refractivity contribution in [2.75, 3.05) is 6.61 Å². The average molecular weight is 256 g/mol. The molecular formula is C11H13N3O4. The molecule has 2 aromatic rings. The fourth-order valence-corrected chi connectivity index (χ4v) is 2.20. The van der Waals surface area contributed by atoms with Crippen molar-refractivity contribution in [3.8, 4) is 0 Å². The molecule has 0 amide bonds. The van der Waals surface area contributed by atoms with Crippen molar-refractivity contribution >= 4 is 5.65 Å². The number of aliphatic hydroxyl groups excluding tert-OH is 2. The standard InChI is InChI=1S/C11H13N3O4/c15-6-8-7(16)5-10(18-8)14-3-1-9-12-2-4-13(9)11(14)17/h1-4,7-8,10,15-16H,5-6H2/i5+1,6+1,7+1,8+1,10+1. The van der Waals surface area contributed by atoms with Crippen LogP contribution in [0.1, 0.15) is 12.6 Å². The quantitative estimate of drug-likeness (QED) is 0.682. The second kappa shape index (κ2) is 4.20. The van der Waals surface area contributed by atoms with Crippen molar-refractivity contribution in [2.45, 2.75) is 24.9 Å². The second-order valence-corrected chi connectivity index (χ2v) is 4.28. The molecule has 3 heterocycles. The maximum atomic E-state index is 12.1. The normalized spacial score (nSPS) is 28.0. The van der Waals surface area contributed by atoms with Gasteiger partial charge >= 0.3 is 5.69 Å². The van der Waals surface area contributed by atoms with Crippen LogP contribution in [0.15, 0.2) is 29.5 Å². The Morgan fingerprint density at radius 1 is 1.50 bits per heavy atom. The van der Waals surface area contributed by atoms with E-state index in [0.717, 1.165) is 0 Å². The van der Waals surface area contributed by atoms with Gasteiger partial charge in [0.15, 0.2) is 0 Å². The minimum Gasteiger partial charge on any atom is -0.394 e. The van der Waals surface area contributed by atoms with E-state index in [4.69, 9.17) is 9.84 Å². The van der Waals surface area contributed by atoms with Crippen LogP contribution < -0.4 is 5.69 Å². The van der Waals surface area contributed by atoms with Gasteiger partial charge < -0.3 is 14.9 Å². The summed E-state index contributed by atoms with van der Waals surface area (Å²) in [7, 11) is 0. The molecule has 7 heteroatoms. The minimum absolute atomic E-state index is 0.264. The molecule has 3 rings (SSSR count). The zero-order chi connectivity index (χ0) is 12.7. The smallest absolute Gasteiger partial charge is 0.336 e. The molecular weight excluding hydrogens is 243 g/mol. The number of nitrogens with zero attached hydrogens (tertiary/aromatic N) is 3. The molecule has 0 bridgehead atoms. The molecule has 0 radical (unpaired) electrons. The van der Waals surface area contributed by atoms with Gasteiger partial charge in [-0.25, -0.2) is 9.78 Å². The summed E-state index contributed by atoms with van der Waals surface area (Å²) in [5.74, 6) is 0. The predicted octanol–water partition coefficient (Wildman–Crippen LogP) is -0.863. The first-order valence-corrected chi connectivity index (χ1v) is 5.69. The fourth-order valence-electron chi connectivity index (χ4n) is 2.20. The molecule has 0 spiro atoms. The molecule has 18 heavy (non-hydrogen) atoms. The van der Waals surface area contributed by atoms with Gasteiger partial charge in [0.05, 0.1) is 12.7 Å². The molecule has 1 fully saturated rings. The summed E-state index contributed by atoms with van der Waals surface area (Å²) in [6, 6.07) is 1.70. The zero-order valence-corrected chi connectivity index (χ0v) is 9.51. The van der Waals surface area contributed by atoms with Crippen LogP contribution in [0.4, 0.5) is 0 Å². The van der Waals surface area contributed by atoms with Crippen molar-refractivity contribution in [1.82, 2.24) is 14.0 Å². The van der Waals surface area contributed by atoms with Gasteiger partial charge in [0.1, 0.15) is 18.0 Å². The van der Waals surface area contributed by atoms with Gasteiger partial charge in [-0.15, -0.1) is 0 Å². The van der Waals surface area contributed by atoms with Crippen LogP contribution in [0.25, 0.3) is 5.65 Å². The Morgan fingerprint density at radius 2 is 2.33 bits per heavy atom. The first-order valence-electron chi connectivity index (χ1n) is 5.69. The lowest BCUT2D eigenvalue weighted by Crippen LogP contribution is -2.29. The van der Waals surface area contributed by atoms with Crippen molar-refractivity contribution in [1.29, 1.82) is 0 Å². The first kappa shape index (κ1) is 11.4. The van der Waals surface area contributed by atoms with E-state index in [1.165, 1.54) is 8.97 Å². The maximum Gasteiger partial charge on any atom is 0.336 e. The third kappa shape index (κ3) is 1.64. The summed E-state index contributed by atoms with van der Waals surface area (Å²) in [6.07, 6.45) is 3.03. The Kier molecular flexibility index (Phi) is 2.66. The molecule has 3 atom stereocenters. The highest BCUT2D eigenvalue weighted by Crippen LogP contribution is 2.27. The van der Waals surface area contributed by atoms with Crippen LogP contribution >= 0.6 is 0 Å². The number of rotatable bonds is 2. The van der Waals surface area contributed by atoms with E-state index in [-0.39, 0.29) is 18.7 Å². The maximum absolute atomic E-state index is 12.1. The lowest BCUT2D eigenvalue weighted by atomic mass is 10.6. The predicted molar refractivity (Wildman–Crippen MR) is 61.1 cm³/mol. The molecule has 1 aliphatic heterocycles. The van der Waals surface area contributed by atoms with E-state index in [0.29, 0.717) is 5.65 Å². The number of aliphatic hydroxyl groups is 2. The van der Waals surface area contributed by atoms with Crippen LogP contribution in [-0.4, -0.2) is 43.0 Å². The second-order valence-electron chi connectivity index (χ2n) is 4.28. The first-order chi connectivity index (χ1) is 8.70. The Hall–Kier alpha value is -1.70. The lowest BCUT2D eigenvalue weighted by molar-refractivity contribution is -0.0459. The van der Waals surface area contributed by atoms with E-state index in [9.17, 15) is 9.90 Å². The Labute approximate surface area is 102 Å². The Morgan fingerprint density at radius 3 is 3.06 bits per heavy atom. The van der Waals surface area contributed by atoms with E-state index < -0.39 is 18.4 Å². The zero-order valence-electron chi connectivity index (χ0n) is 9.51. The Bertz CT molecular complexity index is 620. The van der Waals surface area contributed by atoms with Crippen molar-refractivity contribution in [2.24, 2.45) is 0 Å². The molecule has 7 nitrogen and oxygen atoms in total. The van der Waals surface area contributed by atoms with Gasteiger partial charge in [0.2, 0.25) is 0 Å². The van der Waals surface area contributed by atoms with Crippen molar-refractivity contribution in [3.63, 3.8) is 0 Å². The molecule has 0 saturated carbocycles. The molecule has 0 aromatic carbocycles. The molecule has 1 aliphatic rings. The van der Waals surface area contributed by atoms with E-state index >= 15 is 0 Å². The fraction of sp³-hybridized carbons (Fsp3) is 0.455. The third-order valence-corrected chi connectivity index (χ3v) is 3.17. The monoisotopic (exact) mass is 256 g/mol. The van der Waals surface area contributed by atoms with Crippen LogP contribution in [0.2, 0.25) is 0 Å². The van der Waals surface area contributed by atoms with Crippen LogP contribution in [-0.2, 0) is 4.74 Å². The largest absolute Gasteiger partial charge is 0.394 e. The summed E-state index contributed by atoms with van der Waals surface area (Å²) in [6.45, 7) is -0.264. The molecule has 1 saturated heterocycles. The highest BCUT2D eigenvalue weighted by atomic mass is 16.7. The van der Waals surface area contributed by atoms with Gasteiger partial charge in [-0.2, -0.15) is 0 Å². The molecule has 0 aliphatic carbocycles. The number of imidazole rings is 1. The number of aromatic nitrogens is 3. The molecule has 2 N–H and O–H groups in total.